The molecule has 4 aromatic rings. The Morgan fingerprint density at radius 3 is 2.83 bits per heavy atom. The standard InChI is InChI=1S/C15H8ClNO/c16-11-7-8-17-14-13-10-4-2-1-3-9(10)5-6-12(13)18-15(11)14/h1-8H. The summed E-state index contributed by atoms with van der Waals surface area (Å²) in [6.45, 7) is 0. The third-order valence-corrected chi connectivity index (χ3v) is 3.49. The Morgan fingerprint density at radius 2 is 1.89 bits per heavy atom. The van der Waals surface area contributed by atoms with Crippen molar-refractivity contribution in [2.75, 3.05) is 0 Å². The van der Waals surface area contributed by atoms with Gasteiger partial charge in [0.25, 0.3) is 0 Å². The zero-order valence-electron chi connectivity index (χ0n) is 9.35. The van der Waals surface area contributed by atoms with Crippen LogP contribution in [0.4, 0.5) is 0 Å². The summed E-state index contributed by atoms with van der Waals surface area (Å²) >= 11 is 6.15. The Labute approximate surface area is 108 Å². The van der Waals surface area contributed by atoms with E-state index in [0.29, 0.717) is 10.6 Å². The number of nitrogens with zero attached hydrogens (tertiary/aromatic N) is 1. The summed E-state index contributed by atoms with van der Waals surface area (Å²) in [5.74, 6) is 0. The predicted octanol–water partition coefficient (Wildman–Crippen LogP) is 4.79. The monoisotopic (exact) mass is 253 g/mol. The molecule has 2 aromatic heterocycles. The molecule has 86 valence electrons. The summed E-state index contributed by atoms with van der Waals surface area (Å²) in [4.78, 5) is 4.40. The predicted molar refractivity (Wildman–Crippen MR) is 74.0 cm³/mol. The van der Waals surface area contributed by atoms with Gasteiger partial charge in [0.1, 0.15) is 11.1 Å². The van der Waals surface area contributed by atoms with Crippen molar-refractivity contribution < 1.29 is 4.42 Å². The lowest BCUT2D eigenvalue weighted by molar-refractivity contribution is 0.668. The molecule has 0 aliphatic carbocycles. The van der Waals surface area contributed by atoms with E-state index in [4.69, 9.17) is 16.0 Å². The number of furan rings is 1. The van der Waals surface area contributed by atoms with Gasteiger partial charge in [-0.25, -0.2) is 0 Å². The molecule has 0 saturated heterocycles. The van der Waals surface area contributed by atoms with E-state index < -0.39 is 0 Å². The van der Waals surface area contributed by atoms with E-state index >= 15 is 0 Å². The molecule has 2 heterocycles. The Hall–Kier alpha value is -2.06. The second-order valence-electron chi connectivity index (χ2n) is 4.23. The van der Waals surface area contributed by atoms with Crippen LogP contribution in [0.2, 0.25) is 5.02 Å². The van der Waals surface area contributed by atoms with Crippen LogP contribution in [0.25, 0.3) is 32.8 Å². The van der Waals surface area contributed by atoms with Crippen LogP contribution in [0.5, 0.6) is 0 Å². The first-order valence-corrected chi connectivity index (χ1v) is 6.07. The summed E-state index contributed by atoms with van der Waals surface area (Å²) in [7, 11) is 0. The molecule has 0 unspecified atom stereocenters. The van der Waals surface area contributed by atoms with Gasteiger partial charge in [-0.3, -0.25) is 4.98 Å². The van der Waals surface area contributed by atoms with Crippen LogP contribution in [-0.4, -0.2) is 4.98 Å². The molecule has 18 heavy (non-hydrogen) atoms. The summed E-state index contributed by atoms with van der Waals surface area (Å²) in [5.41, 5.74) is 2.31. The summed E-state index contributed by atoms with van der Waals surface area (Å²) in [6, 6.07) is 14.0. The number of hydrogen-bond acceptors (Lipinski definition) is 2. The fourth-order valence-corrected chi connectivity index (χ4v) is 2.58. The Balaban J connectivity index is 2.37. The SMILES string of the molecule is Clc1ccnc2c1oc1ccc3ccccc3c12. The van der Waals surface area contributed by atoms with Gasteiger partial charge in [0.15, 0.2) is 5.58 Å². The summed E-state index contributed by atoms with van der Waals surface area (Å²) in [6.07, 6.45) is 1.71. The van der Waals surface area contributed by atoms with Crippen molar-refractivity contribution in [2.24, 2.45) is 0 Å². The highest BCUT2D eigenvalue weighted by Gasteiger charge is 2.13. The first-order valence-electron chi connectivity index (χ1n) is 5.69. The van der Waals surface area contributed by atoms with Crippen molar-refractivity contribution in [2.45, 2.75) is 0 Å². The minimum Gasteiger partial charge on any atom is -0.453 e. The molecule has 0 amide bonds. The molecule has 4 rings (SSSR count). The first kappa shape index (κ1) is 9.92. The molecule has 2 nitrogen and oxygen atoms in total. The zero-order chi connectivity index (χ0) is 12.1. The van der Waals surface area contributed by atoms with E-state index in [2.05, 4.69) is 17.1 Å². The quantitative estimate of drug-likeness (QED) is 0.450. The molecule has 0 atom stereocenters. The minimum atomic E-state index is 0.597. The maximum Gasteiger partial charge on any atom is 0.172 e. The van der Waals surface area contributed by atoms with Gasteiger partial charge in [0, 0.05) is 6.20 Å². The molecule has 0 N–H and O–H groups in total. The maximum absolute atomic E-state index is 6.15. The number of benzene rings is 2. The Morgan fingerprint density at radius 1 is 1.00 bits per heavy atom. The van der Waals surface area contributed by atoms with Gasteiger partial charge in [0.2, 0.25) is 0 Å². The first-order chi connectivity index (χ1) is 8.84. The second-order valence-corrected chi connectivity index (χ2v) is 4.64. The largest absolute Gasteiger partial charge is 0.453 e. The van der Waals surface area contributed by atoms with E-state index in [1.165, 1.54) is 5.39 Å². The highest BCUT2D eigenvalue weighted by atomic mass is 35.5. The average molecular weight is 254 g/mol. The van der Waals surface area contributed by atoms with Crippen molar-refractivity contribution in [1.29, 1.82) is 0 Å². The Bertz CT molecular complexity index is 895. The van der Waals surface area contributed by atoms with Crippen LogP contribution in [-0.2, 0) is 0 Å². The lowest BCUT2D eigenvalue weighted by atomic mass is 10.1. The molecule has 2 aromatic carbocycles. The lowest BCUT2D eigenvalue weighted by Gasteiger charge is -1.97. The third-order valence-electron chi connectivity index (χ3n) is 3.20. The number of hydrogen-bond donors (Lipinski definition) is 0. The summed E-state index contributed by atoms with van der Waals surface area (Å²) < 4.78 is 5.80. The molecule has 0 saturated carbocycles. The molecule has 0 fully saturated rings. The van der Waals surface area contributed by atoms with Crippen LogP contribution in [0.1, 0.15) is 0 Å². The van der Waals surface area contributed by atoms with Gasteiger partial charge in [-0.05, 0) is 22.9 Å². The van der Waals surface area contributed by atoms with Gasteiger partial charge in [-0.2, -0.15) is 0 Å². The average Bonchev–Trinajstić information content (AvgIpc) is 2.79. The highest BCUT2D eigenvalue weighted by Crippen LogP contribution is 2.35. The van der Waals surface area contributed by atoms with Crippen molar-refractivity contribution >= 4 is 44.4 Å². The van der Waals surface area contributed by atoms with E-state index in [9.17, 15) is 0 Å². The van der Waals surface area contributed by atoms with Crippen LogP contribution in [0.3, 0.4) is 0 Å². The van der Waals surface area contributed by atoms with Crippen LogP contribution < -0.4 is 0 Å². The van der Waals surface area contributed by atoms with Crippen LogP contribution in [0.15, 0.2) is 53.1 Å². The van der Waals surface area contributed by atoms with Gasteiger partial charge in [-0.15, -0.1) is 0 Å². The fraction of sp³-hybridized carbons (Fsp3) is 0. The molecule has 0 aliphatic heterocycles. The maximum atomic E-state index is 6.15. The van der Waals surface area contributed by atoms with E-state index in [0.717, 1.165) is 21.9 Å². The topological polar surface area (TPSA) is 26.0 Å². The van der Waals surface area contributed by atoms with Gasteiger partial charge >= 0.3 is 0 Å². The zero-order valence-corrected chi connectivity index (χ0v) is 10.1. The fourth-order valence-electron chi connectivity index (χ4n) is 2.39. The lowest BCUT2D eigenvalue weighted by Crippen LogP contribution is -1.76. The van der Waals surface area contributed by atoms with Crippen molar-refractivity contribution in [3.8, 4) is 0 Å². The normalized spacial score (nSPS) is 11.6. The van der Waals surface area contributed by atoms with Crippen molar-refractivity contribution in [3.05, 3.63) is 53.7 Å². The summed E-state index contributed by atoms with van der Waals surface area (Å²) in [5, 5.41) is 3.95. The van der Waals surface area contributed by atoms with Crippen molar-refractivity contribution in [3.63, 3.8) is 0 Å². The van der Waals surface area contributed by atoms with Crippen LogP contribution in [0, 0.1) is 0 Å². The van der Waals surface area contributed by atoms with Gasteiger partial charge in [-0.1, -0.05) is 41.9 Å². The van der Waals surface area contributed by atoms with Gasteiger partial charge < -0.3 is 4.42 Å². The smallest absolute Gasteiger partial charge is 0.172 e. The minimum absolute atomic E-state index is 0.597. The molecule has 0 radical (unpaired) electrons. The van der Waals surface area contributed by atoms with Crippen LogP contribution >= 0.6 is 11.6 Å². The third kappa shape index (κ3) is 1.21. The van der Waals surface area contributed by atoms with Crippen molar-refractivity contribution in [1.82, 2.24) is 4.98 Å². The molecular formula is C15H8ClNO. The van der Waals surface area contributed by atoms with Gasteiger partial charge in [0.05, 0.1) is 10.4 Å². The molecule has 3 heteroatoms. The molecular weight excluding hydrogens is 246 g/mol. The second kappa shape index (κ2) is 3.47. The highest BCUT2D eigenvalue weighted by molar-refractivity contribution is 6.36. The van der Waals surface area contributed by atoms with E-state index in [1.807, 2.05) is 24.3 Å². The number of aromatic nitrogens is 1. The number of halogens is 1. The number of pyridine rings is 1. The molecule has 0 spiro atoms. The van der Waals surface area contributed by atoms with E-state index in [-0.39, 0.29) is 0 Å². The molecule has 0 aliphatic rings. The Kier molecular flexibility index (Phi) is 1.91. The number of rotatable bonds is 0. The number of fused-ring (bicyclic) bond motifs is 5. The van der Waals surface area contributed by atoms with E-state index in [1.54, 1.807) is 12.3 Å². The molecule has 0 bridgehead atoms.